The Labute approximate surface area is 342 Å². The zero-order valence-electron chi connectivity index (χ0n) is 33.3. The first-order valence-corrected chi connectivity index (χ1v) is 20.9. The average Bonchev–Trinajstić information content (AvgIpc) is 3.77. The standard InChI is InChI=1S/C58H44/c1-4-58(5-2)53-35-37(3)19-29-48(53)49-30-28-44(36-54(49)58)40-22-20-38(21-23-40)39-24-26-43(27-25-39)45-31-34-52-55-50(45)17-12-18-51(55)56-46(41-13-8-6-9-14-41)32-33-47(57(52)56)42-15-10-7-11-16-42/h6-36H,4-5H2,1-3H3. The van der Waals surface area contributed by atoms with Gasteiger partial charge in [-0.25, -0.2) is 0 Å². The van der Waals surface area contributed by atoms with E-state index in [2.05, 4.69) is 209 Å². The molecule has 58 heavy (non-hydrogen) atoms. The molecule has 0 N–H and O–H groups in total. The van der Waals surface area contributed by atoms with Gasteiger partial charge in [-0.15, -0.1) is 0 Å². The lowest BCUT2D eigenvalue weighted by molar-refractivity contribution is 0.490. The van der Waals surface area contributed by atoms with E-state index in [1.54, 1.807) is 0 Å². The maximum absolute atomic E-state index is 2.48. The molecule has 2 aliphatic rings. The summed E-state index contributed by atoms with van der Waals surface area (Å²) in [4.78, 5) is 0. The van der Waals surface area contributed by atoms with Crippen LogP contribution in [0.15, 0.2) is 188 Å². The van der Waals surface area contributed by atoms with Gasteiger partial charge >= 0.3 is 0 Å². The van der Waals surface area contributed by atoms with Crippen LogP contribution >= 0.6 is 0 Å². The van der Waals surface area contributed by atoms with Crippen LogP contribution in [0.3, 0.4) is 0 Å². The number of aryl methyl sites for hydroxylation is 1. The summed E-state index contributed by atoms with van der Waals surface area (Å²) in [5.41, 5.74) is 25.1. The van der Waals surface area contributed by atoms with Crippen molar-refractivity contribution in [2.24, 2.45) is 0 Å². The van der Waals surface area contributed by atoms with Crippen molar-refractivity contribution in [2.75, 3.05) is 0 Å². The normalized spacial score (nSPS) is 13.0. The zero-order chi connectivity index (χ0) is 39.0. The second kappa shape index (κ2) is 13.4. The molecule has 0 aliphatic heterocycles. The Morgan fingerprint density at radius 3 is 1.34 bits per heavy atom. The third-order valence-electron chi connectivity index (χ3n) is 13.4. The van der Waals surface area contributed by atoms with Crippen LogP contribution in [0.4, 0.5) is 0 Å². The minimum atomic E-state index is 0.0690. The largest absolute Gasteiger partial charge is 0.0642 e. The van der Waals surface area contributed by atoms with Crippen molar-refractivity contribution in [1.82, 2.24) is 0 Å². The third kappa shape index (κ3) is 5.14. The van der Waals surface area contributed by atoms with Gasteiger partial charge in [0.1, 0.15) is 0 Å². The highest BCUT2D eigenvalue weighted by molar-refractivity contribution is 6.23. The van der Waals surface area contributed by atoms with Crippen LogP contribution in [0, 0.1) is 6.92 Å². The second-order valence-corrected chi connectivity index (χ2v) is 16.3. The van der Waals surface area contributed by atoms with E-state index < -0.39 is 0 Å². The van der Waals surface area contributed by atoms with E-state index in [9.17, 15) is 0 Å². The minimum absolute atomic E-state index is 0.0690. The van der Waals surface area contributed by atoms with E-state index in [1.165, 1.54) is 116 Å². The molecular formula is C58H44. The Balaban J connectivity index is 0.939. The van der Waals surface area contributed by atoms with Gasteiger partial charge in [0, 0.05) is 5.41 Å². The predicted octanol–water partition coefficient (Wildman–Crippen LogP) is 16.2. The Morgan fingerprint density at radius 2 is 0.759 bits per heavy atom. The van der Waals surface area contributed by atoms with Crippen molar-refractivity contribution in [1.29, 1.82) is 0 Å². The number of fused-ring (bicyclic) bond motifs is 6. The maximum atomic E-state index is 2.48. The molecule has 0 bridgehead atoms. The van der Waals surface area contributed by atoms with Crippen molar-refractivity contribution in [3.05, 3.63) is 205 Å². The molecule has 0 unspecified atom stereocenters. The molecule has 0 nitrogen and oxygen atoms in total. The smallest absolute Gasteiger partial charge is 0.0210 e. The summed E-state index contributed by atoms with van der Waals surface area (Å²) < 4.78 is 0. The highest BCUT2D eigenvalue weighted by atomic mass is 14.4. The van der Waals surface area contributed by atoms with Gasteiger partial charge in [-0.05, 0) is 137 Å². The van der Waals surface area contributed by atoms with Gasteiger partial charge in [-0.1, -0.05) is 201 Å². The fourth-order valence-corrected chi connectivity index (χ4v) is 10.5. The van der Waals surface area contributed by atoms with Crippen LogP contribution in [-0.2, 0) is 5.41 Å². The monoisotopic (exact) mass is 740 g/mol. The summed E-state index contributed by atoms with van der Waals surface area (Å²) in [6.07, 6.45) is 2.20. The van der Waals surface area contributed by atoms with Gasteiger partial charge in [0.05, 0.1) is 0 Å². The summed E-state index contributed by atoms with van der Waals surface area (Å²) in [6, 6.07) is 70.4. The number of hydrogen-bond donors (Lipinski definition) is 0. The Bertz CT molecular complexity index is 2960. The number of rotatable bonds is 7. The molecule has 11 rings (SSSR count). The predicted molar refractivity (Wildman–Crippen MR) is 247 cm³/mol. The summed E-state index contributed by atoms with van der Waals surface area (Å²) in [6.45, 7) is 6.92. The van der Waals surface area contributed by atoms with E-state index >= 15 is 0 Å². The molecule has 9 aromatic rings. The third-order valence-corrected chi connectivity index (χ3v) is 13.4. The molecular weight excluding hydrogens is 697 g/mol. The Morgan fingerprint density at radius 1 is 0.328 bits per heavy atom. The van der Waals surface area contributed by atoms with Crippen LogP contribution in [0.2, 0.25) is 0 Å². The van der Waals surface area contributed by atoms with Gasteiger partial charge in [0.15, 0.2) is 0 Å². The molecule has 0 radical (unpaired) electrons. The molecule has 9 aromatic carbocycles. The second-order valence-electron chi connectivity index (χ2n) is 16.3. The zero-order valence-corrected chi connectivity index (χ0v) is 33.3. The van der Waals surface area contributed by atoms with E-state index in [0.717, 1.165) is 12.8 Å². The Hall–Kier alpha value is -6.76. The van der Waals surface area contributed by atoms with Crippen LogP contribution in [0.1, 0.15) is 43.4 Å². The molecule has 0 saturated heterocycles. The summed E-state index contributed by atoms with van der Waals surface area (Å²) in [5, 5.41) is 2.64. The highest BCUT2D eigenvalue weighted by Crippen LogP contribution is 2.56. The van der Waals surface area contributed by atoms with Crippen LogP contribution < -0.4 is 0 Å². The molecule has 0 spiro atoms. The number of benzene rings is 9. The quantitative estimate of drug-likeness (QED) is 0.153. The molecule has 0 aromatic heterocycles. The lowest BCUT2D eigenvalue weighted by atomic mass is 9.73. The minimum Gasteiger partial charge on any atom is -0.0642 e. The topological polar surface area (TPSA) is 0 Å². The molecule has 0 fully saturated rings. The maximum Gasteiger partial charge on any atom is 0.0210 e. The van der Waals surface area contributed by atoms with Gasteiger partial charge in [-0.3, -0.25) is 0 Å². The van der Waals surface area contributed by atoms with Crippen molar-refractivity contribution in [2.45, 2.75) is 39.0 Å². The molecule has 0 saturated carbocycles. The molecule has 2 aliphatic carbocycles. The van der Waals surface area contributed by atoms with E-state index in [1.807, 2.05) is 0 Å². The lowest BCUT2D eigenvalue weighted by Gasteiger charge is -2.30. The molecule has 0 heterocycles. The molecule has 0 heteroatoms. The van der Waals surface area contributed by atoms with Crippen molar-refractivity contribution >= 4 is 10.8 Å². The lowest BCUT2D eigenvalue weighted by Crippen LogP contribution is -2.23. The first kappa shape index (κ1) is 34.5. The van der Waals surface area contributed by atoms with E-state index in [4.69, 9.17) is 0 Å². The van der Waals surface area contributed by atoms with Crippen molar-refractivity contribution in [3.8, 4) is 89.0 Å². The average molecular weight is 741 g/mol. The SMILES string of the molecule is CCC1(CC)c2cc(C)ccc2-c2ccc(-c3ccc(-c4ccc(-c5ccc6c7c(cccc57)-c5c(-c7ccccc7)ccc(-c7ccccc7)c5-6)cc4)cc3)cc21. The summed E-state index contributed by atoms with van der Waals surface area (Å²) >= 11 is 0. The molecule has 0 amide bonds. The van der Waals surface area contributed by atoms with Gasteiger partial charge < -0.3 is 0 Å². The first-order valence-electron chi connectivity index (χ1n) is 20.9. The fourth-order valence-electron chi connectivity index (χ4n) is 10.5. The van der Waals surface area contributed by atoms with E-state index in [-0.39, 0.29) is 5.41 Å². The van der Waals surface area contributed by atoms with Gasteiger partial charge in [0.25, 0.3) is 0 Å². The Kier molecular flexibility index (Phi) is 7.98. The highest BCUT2D eigenvalue weighted by Gasteiger charge is 2.40. The number of hydrogen-bond acceptors (Lipinski definition) is 0. The summed E-state index contributed by atoms with van der Waals surface area (Å²) in [5.74, 6) is 0. The van der Waals surface area contributed by atoms with E-state index in [0.29, 0.717) is 0 Å². The van der Waals surface area contributed by atoms with Crippen molar-refractivity contribution in [3.63, 3.8) is 0 Å². The van der Waals surface area contributed by atoms with Crippen LogP contribution in [0.5, 0.6) is 0 Å². The van der Waals surface area contributed by atoms with Crippen LogP contribution in [0.25, 0.3) is 99.8 Å². The van der Waals surface area contributed by atoms with Gasteiger partial charge in [-0.2, -0.15) is 0 Å². The molecule has 0 atom stereocenters. The molecule has 276 valence electrons. The summed E-state index contributed by atoms with van der Waals surface area (Å²) in [7, 11) is 0. The van der Waals surface area contributed by atoms with Gasteiger partial charge in [0.2, 0.25) is 0 Å². The van der Waals surface area contributed by atoms with Crippen molar-refractivity contribution < 1.29 is 0 Å². The first-order chi connectivity index (χ1) is 28.6. The fraction of sp³-hybridized carbons (Fsp3) is 0.103. The van der Waals surface area contributed by atoms with Crippen LogP contribution in [-0.4, -0.2) is 0 Å².